The van der Waals surface area contributed by atoms with Gasteiger partial charge in [-0.05, 0) is 30.3 Å². The number of halogens is 1. The Kier molecular flexibility index (Phi) is 4.23. The lowest BCUT2D eigenvalue weighted by Gasteiger charge is -2.44. The highest BCUT2D eigenvalue weighted by Crippen LogP contribution is 2.39. The van der Waals surface area contributed by atoms with Gasteiger partial charge in [-0.25, -0.2) is 0 Å². The Morgan fingerprint density at radius 3 is 2.65 bits per heavy atom. The molecule has 2 N–H and O–H groups in total. The molecular formula is C20H19BrN2O3. The van der Waals surface area contributed by atoms with E-state index < -0.39 is 5.60 Å². The molecule has 1 amide bonds. The SMILES string of the molecule is Nc1ccc(Br)cc1C(=O)N1CCC2(CC1)CC(=O)c1ccccc1O2. The Morgan fingerprint density at radius 2 is 1.88 bits per heavy atom. The van der Waals surface area contributed by atoms with Crippen molar-refractivity contribution < 1.29 is 14.3 Å². The fourth-order valence-electron chi connectivity index (χ4n) is 3.72. The predicted octanol–water partition coefficient (Wildman–Crippen LogP) is 3.67. The van der Waals surface area contributed by atoms with Crippen LogP contribution in [0.2, 0.25) is 0 Å². The van der Waals surface area contributed by atoms with E-state index in [1.165, 1.54) is 0 Å². The Morgan fingerprint density at radius 1 is 1.15 bits per heavy atom. The number of ketones is 1. The number of amides is 1. The van der Waals surface area contributed by atoms with E-state index in [0.29, 0.717) is 54.9 Å². The summed E-state index contributed by atoms with van der Waals surface area (Å²) in [4.78, 5) is 27.1. The molecule has 0 aliphatic carbocycles. The maximum atomic E-state index is 12.8. The average molecular weight is 415 g/mol. The van der Waals surface area contributed by atoms with Crippen molar-refractivity contribution in [2.24, 2.45) is 0 Å². The number of carbonyl (C=O) groups excluding carboxylic acids is 2. The van der Waals surface area contributed by atoms with Crippen LogP contribution < -0.4 is 10.5 Å². The lowest BCUT2D eigenvalue weighted by atomic mass is 9.82. The van der Waals surface area contributed by atoms with Gasteiger partial charge < -0.3 is 15.4 Å². The van der Waals surface area contributed by atoms with Crippen molar-refractivity contribution >= 4 is 33.3 Å². The van der Waals surface area contributed by atoms with Gasteiger partial charge in [0.25, 0.3) is 5.91 Å². The molecule has 5 nitrogen and oxygen atoms in total. The first-order valence-electron chi connectivity index (χ1n) is 8.63. The van der Waals surface area contributed by atoms with Crippen LogP contribution >= 0.6 is 15.9 Å². The summed E-state index contributed by atoms with van der Waals surface area (Å²) < 4.78 is 7.04. The van der Waals surface area contributed by atoms with Gasteiger partial charge in [0.2, 0.25) is 0 Å². The Hall–Kier alpha value is -2.34. The summed E-state index contributed by atoms with van der Waals surface area (Å²) in [5.41, 5.74) is 7.08. The summed E-state index contributed by atoms with van der Waals surface area (Å²) in [6.45, 7) is 1.08. The highest BCUT2D eigenvalue weighted by Gasteiger charge is 2.43. The first-order chi connectivity index (χ1) is 12.5. The van der Waals surface area contributed by atoms with Gasteiger partial charge in [0.05, 0.1) is 17.5 Å². The number of nitrogen functional groups attached to an aromatic ring is 1. The summed E-state index contributed by atoms with van der Waals surface area (Å²) in [6.07, 6.45) is 1.63. The molecule has 2 aromatic rings. The van der Waals surface area contributed by atoms with E-state index in [2.05, 4.69) is 15.9 Å². The number of piperidine rings is 1. The van der Waals surface area contributed by atoms with Gasteiger partial charge >= 0.3 is 0 Å². The number of ether oxygens (including phenoxy) is 1. The predicted molar refractivity (Wildman–Crippen MR) is 102 cm³/mol. The third-order valence-electron chi connectivity index (χ3n) is 5.20. The molecule has 134 valence electrons. The maximum Gasteiger partial charge on any atom is 0.255 e. The van der Waals surface area contributed by atoms with Crippen LogP contribution in [0.15, 0.2) is 46.9 Å². The first kappa shape index (κ1) is 17.1. The lowest BCUT2D eigenvalue weighted by molar-refractivity contribution is -0.00567. The normalized spacial score (nSPS) is 18.3. The zero-order valence-electron chi connectivity index (χ0n) is 14.2. The minimum atomic E-state index is -0.509. The van der Waals surface area contributed by atoms with E-state index in [0.717, 1.165) is 4.47 Å². The molecule has 1 fully saturated rings. The van der Waals surface area contributed by atoms with Crippen LogP contribution in [0, 0.1) is 0 Å². The van der Waals surface area contributed by atoms with Gasteiger partial charge in [0, 0.05) is 36.1 Å². The number of benzene rings is 2. The number of nitrogens with zero attached hydrogens (tertiary/aromatic N) is 1. The third-order valence-corrected chi connectivity index (χ3v) is 5.70. The Balaban J connectivity index is 1.50. The number of likely N-dealkylation sites (tertiary alicyclic amines) is 1. The molecule has 26 heavy (non-hydrogen) atoms. The molecular weight excluding hydrogens is 396 g/mol. The summed E-state index contributed by atoms with van der Waals surface area (Å²) in [5.74, 6) is 0.684. The zero-order valence-corrected chi connectivity index (χ0v) is 15.8. The van der Waals surface area contributed by atoms with E-state index in [1.54, 1.807) is 23.1 Å². The van der Waals surface area contributed by atoms with Gasteiger partial charge in [0.15, 0.2) is 5.78 Å². The fraction of sp³-hybridized carbons (Fsp3) is 0.300. The average Bonchev–Trinajstić information content (AvgIpc) is 2.64. The second-order valence-electron chi connectivity index (χ2n) is 6.90. The van der Waals surface area contributed by atoms with Crippen molar-refractivity contribution in [2.75, 3.05) is 18.8 Å². The van der Waals surface area contributed by atoms with Crippen LogP contribution in [0.3, 0.4) is 0 Å². The Bertz CT molecular complexity index is 888. The van der Waals surface area contributed by atoms with Gasteiger partial charge in [-0.3, -0.25) is 9.59 Å². The second kappa shape index (κ2) is 6.43. The molecule has 2 aromatic carbocycles. The number of Topliss-reactive ketones (excluding diaryl/α,β-unsaturated/α-hetero) is 1. The molecule has 0 radical (unpaired) electrons. The van der Waals surface area contributed by atoms with Gasteiger partial charge in [0.1, 0.15) is 11.4 Å². The van der Waals surface area contributed by atoms with E-state index in [1.807, 2.05) is 24.3 Å². The second-order valence-corrected chi connectivity index (χ2v) is 7.82. The summed E-state index contributed by atoms with van der Waals surface area (Å²) in [6, 6.07) is 12.7. The van der Waals surface area contributed by atoms with E-state index in [-0.39, 0.29) is 11.7 Å². The fourth-order valence-corrected chi connectivity index (χ4v) is 4.08. The molecule has 0 atom stereocenters. The largest absolute Gasteiger partial charge is 0.486 e. The van der Waals surface area contributed by atoms with Crippen LogP contribution in [0.1, 0.15) is 40.0 Å². The number of fused-ring (bicyclic) bond motifs is 1. The number of nitrogens with two attached hydrogens (primary N) is 1. The highest BCUT2D eigenvalue weighted by atomic mass is 79.9. The van der Waals surface area contributed by atoms with Crippen LogP contribution in [0.5, 0.6) is 5.75 Å². The number of hydrogen-bond donors (Lipinski definition) is 1. The molecule has 2 heterocycles. The monoisotopic (exact) mass is 414 g/mol. The number of rotatable bonds is 1. The van der Waals surface area contributed by atoms with Gasteiger partial charge in [-0.1, -0.05) is 28.1 Å². The van der Waals surface area contributed by atoms with E-state index in [9.17, 15) is 9.59 Å². The van der Waals surface area contributed by atoms with Crippen LogP contribution in [0.25, 0.3) is 0 Å². The molecule has 1 spiro atoms. The number of carbonyl (C=O) groups is 2. The quantitative estimate of drug-likeness (QED) is 0.722. The third kappa shape index (κ3) is 2.98. The minimum absolute atomic E-state index is 0.0822. The molecule has 2 aliphatic heterocycles. The van der Waals surface area contributed by atoms with Crippen molar-refractivity contribution in [3.05, 3.63) is 58.1 Å². The highest BCUT2D eigenvalue weighted by molar-refractivity contribution is 9.10. The molecule has 0 aromatic heterocycles. The number of hydrogen-bond acceptors (Lipinski definition) is 4. The maximum absolute atomic E-state index is 12.8. The van der Waals surface area contributed by atoms with Crippen LogP contribution in [-0.2, 0) is 0 Å². The van der Waals surface area contributed by atoms with Gasteiger partial charge in [-0.2, -0.15) is 0 Å². The summed E-state index contributed by atoms with van der Waals surface area (Å²) in [5, 5.41) is 0. The number of anilines is 1. The van der Waals surface area contributed by atoms with Crippen molar-refractivity contribution in [3.63, 3.8) is 0 Å². The Labute approximate surface area is 160 Å². The van der Waals surface area contributed by atoms with Crippen molar-refractivity contribution in [1.82, 2.24) is 4.90 Å². The molecule has 4 rings (SSSR count). The van der Waals surface area contributed by atoms with Crippen LogP contribution in [0.4, 0.5) is 5.69 Å². The van der Waals surface area contributed by atoms with Crippen molar-refractivity contribution in [1.29, 1.82) is 0 Å². The van der Waals surface area contributed by atoms with Gasteiger partial charge in [-0.15, -0.1) is 0 Å². The number of para-hydroxylation sites is 1. The summed E-state index contributed by atoms with van der Waals surface area (Å²) >= 11 is 3.38. The molecule has 0 saturated carbocycles. The smallest absolute Gasteiger partial charge is 0.255 e. The molecule has 2 aliphatic rings. The zero-order chi connectivity index (χ0) is 18.3. The topological polar surface area (TPSA) is 72.6 Å². The van der Waals surface area contributed by atoms with Crippen molar-refractivity contribution in [2.45, 2.75) is 24.9 Å². The first-order valence-corrected chi connectivity index (χ1v) is 9.42. The van der Waals surface area contributed by atoms with Crippen LogP contribution in [-0.4, -0.2) is 35.3 Å². The molecule has 1 saturated heterocycles. The molecule has 0 unspecified atom stereocenters. The molecule has 0 bridgehead atoms. The van der Waals surface area contributed by atoms with E-state index in [4.69, 9.17) is 10.5 Å². The summed E-state index contributed by atoms with van der Waals surface area (Å²) in [7, 11) is 0. The minimum Gasteiger partial charge on any atom is -0.486 e. The molecule has 6 heteroatoms. The lowest BCUT2D eigenvalue weighted by Crippen LogP contribution is -2.52. The van der Waals surface area contributed by atoms with E-state index >= 15 is 0 Å². The van der Waals surface area contributed by atoms with Crippen molar-refractivity contribution in [3.8, 4) is 5.75 Å². The standard InChI is InChI=1S/C20H19BrN2O3/c21-13-5-6-16(22)15(11-13)19(25)23-9-7-20(8-10-23)12-17(24)14-3-1-2-4-18(14)26-20/h1-6,11H,7-10,12,22H2.